The minimum absolute atomic E-state index is 0.00889. The number of nitrogens with two attached hydrogens (primary N) is 1. The molecule has 0 saturated carbocycles. The molecule has 0 bridgehead atoms. The highest BCUT2D eigenvalue weighted by Crippen LogP contribution is 2.20. The van der Waals surface area contributed by atoms with Gasteiger partial charge in [0.15, 0.2) is 0 Å². The smallest absolute Gasteiger partial charge is 0.227 e. The molecule has 1 aliphatic heterocycles. The summed E-state index contributed by atoms with van der Waals surface area (Å²) in [6.07, 6.45) is 1.63. The Morgan fingerprint density at radius 1 is 1.43 bits per heavy atom. The summed E-state index contributed by atoms with van der Waals surface area (Å²) in [6, 6.07) is 6.00. The molecule has 0 unspecified atom stereocenters. The molecule has 1 aromatic rings. The summed E-state index contributed by atoms with van der Waals surface area (Å²) in [4.78, 5) is 14.5. The molecule has 2 rings (SSSR count). The molecule has 1 heterocycles. The first-order chi connectivity index (χ1) is 9.83. The minimum Gasteiger partial charge on any atom is -0.326 e. The number of nitrogens with zero attached hydrogens (tertiary/aromatic N) is 1. The average molecular weight is 293 g/mol. The van der Waals surface area contributed by atoms with Gasteiger partial charge in [-0.1, -0.05) is 6.07 Å². The molecule has 0 aliphatic carbocycles. The summed E-state index contributed by atoms with van der Waals surface area (Å²) in [6.45, 7) is 6.61. The number of carbonyl (C=O) groups is 1. The van der Waals surface area contributed by atoms with Crippen molar-refractivity contribution in [2.24, 2.45) is 11.7 Å². The highest BCUT2D eigenvalue weighted by atomic mass is 19.1. The van der Waals surface area contributed by atoms with Crippen molar-refractivity contribution in [2.45, 2.75) is 32.2 Å². The van der Waals surface area contributed by atoms with Gasteiger partial charge in [0.2, 0.25) is 5.91 Å². The van der Waals surface area contributed by atoms with Gasteiger partial charge in [0, 0.05) is 23.7 Å². The van der Waals surface area contributed by atoms with Gasteiger partial charge in [0.1, 0.15) is 5.82 Å². The molecule has 4 nitrogen and oxygen atoms in total. The summed E-state index contributed by atoms with van der Waals surface area (Å²) >= 11 is 0. The summed E-state index contributed by atoms with van der Waals surface area (Å²) < 4.78 is 13.1. The molecule has 5 heteroatoms. The Balaban J connectivity index is 1.83. The lowest BCUT2D eigenvalue weighted by atomic mass is 9.94. The van der Waals surface area contributed by atoms with E-state index in [0.29, 0.717) is 5.69 Å². The third-order valence-corrected chi connectivity index (χ3v) is 3.68. The van der Waals surface area contributed by atoms with Gasteiger partial charge in [-0.2, -0.15) is 0 Å². The van der Waals surface area contributed by atoms with Crippen LogP contribution in [0.25, 0.3) is 0 Å². The topological polar surface area (TPSA) is 58.4 Å². The second kappa shape index (κ2) is 6.54. The Labute approximate surface area is 125 Å². The zero-order chi connectivity index (χ0) is 15.5. The number of anilines is 1. The number of likely N-dealkylation sites (tertiary alicyclic amines) is 1. The predicted molar refractivity (Wildman–Crippen MR) is 82.5 cm³/mol. The molecule has 21 heavy (non-hydrogen) atoms. The molecule has 0 spiro atoms. The predicted octanol–water partition coefficient (Wildman–Crippen LogP) is 2.21. The van der Waals surface area contributed by atoms with Crippen molar-refractivity contribution in [3.63, 3.8) is 0 Å². The maximum absolute atomic E-state index is 13.1. The molecule has 1 saturated heterocycles. The van der Waals surface area contributed by atoms with Crippen LogP contribution in [0.5, 0.6) is 0 Å². The van der Waals surface area contributed by atoms with Crippen molar-refractivity contribution in [3.8, 4) is 0 Å². The van der Waals surface area contributed by atoms with E-state index in [1.807, 2.05) is 13.8 Å². The monoisotopic (exact) mass is 293 g/mol. The second-order valence-electron chi connectivity index (χ2n) is 6.54. The van der Waals surface area contributed by atoms with Gasteiger partial charge in [0.25, 0.3) is 0 Å². The van der Waals surface area contributed by atoms with Crippen LogP contribution in [-0.4, -0.2) is 36.0 Å². The van der Waals surface area contributed by atoms with E-state index in [1.165, 1.54) is 12.1 Å². The molecule has 3 N–H and O–H groups in total. The van der Waals surface area contributed by atoms with Crippen LogP contribution in [0, 0.1) is 11.7 Å². The fourth-order valence-electron chi connectivity index (χ4n) is 2.74. The number of amides is 1. The Hall–Kier alpha value is -1.46. The number of hydrogen-bond donors (Lipinski definition) is 2. The van der Waals surface area contributed by atoms with E-state index in [2.05, 4.69) is 10.2 Å². The largest absolute Gasteiger partial charge is 0.326 e. The van der Waals surface area contributed by atoms with E-state index in [-0.39, 0.29) is 23.2 Å². The number of rotatable bonds is 4. The summed E-state index contributed by atoms with van der Waals surface area (Å²) in [5, 5.41) is 2.79. The third-order valence-electron chi connectivity index (χ3n) is 3.68. The van der Waals surface area contributed by atoms with Crippen molar-refractivity contribution in [3.05, 3.63) is 30.1 Å². The Morgan fingerprint density at radius 3 is 2.67 bits per heavy atom. The molecule has 0 aromatic heterocycles. The minimum atomic E-state index is -0.340. The zero-order valence-electron chi connectivity index (χ0n) is 12.7. The van der Waals surface area contributed by atoms with Gasteiger partial charge in [0.05, 0.1) is 0 Å². The van der Waals surface area contributed by atoms with Crippen LogP contribution in [0.3, 0.4) is 0 Å². The molecule has 0 radical (unpaired) electrons. The number of halogens is 1. The molecule has 1 aliphatic rings. The molecule has 1 amide bonds. The van der Waals surface area contributed by atoms with Crippen LogP contribution >= 0.6 is 0 Å². The van der Waals surface area contributed by atoms with Crippen LogP contribution in [0.1, 0.15) is 26.7 Å². The molecule has 1 fully saturated rings. The molecule has 1 aromatic carbocycles. The van der Waals surface area contributed by atoms with Crippen molar-refractivity contribution < 1.29 is 9.18 Å². The van der Waals surface area contributed by atoms with E-state index in [0.717, 1.165) is 32.5 Å². The fourth-order valence-corrected chi connectivity index (χ4v) is 2.74. The highest BCUT2D eigenvalue weighted by molar-refractivity contribution is 5.92. The number of benzene rings is 1. The van der Waals surface area contributed by atoms with Gasteiger partial charge < -0.3 is 16.0 Å². The maximum atomic E-state index is 13.1. The normalized spacial score (nSPS) is 17.7. The number of nitrogens with one attached hydrogen (secondary N) is 1. The van der Waals surface area contributed by atoms with Crippen LogP contribution in [0.15, 0.2) is 24.3 Å². The first-order valence-corrected chi connectivity index (χ1v) is 7.41. The summed E-state index contributed by atoms with van der Waals surface area (Å²) in [5.41, 5.74) is 6.33. The Kier molecular flexibility index (Phi) is 4.96. The van der Waals surface area contributed by atoms with Gasteiger partial charge in [-0.15, -0.1) is 0 Å². The number of hydrogen-bond acceptors (Lipinski definition) is 3. The van der Waals surface area contributed by atoms with E-state index < -0.39 is 0 Å². The molecule has 116 valence electrons. The number of piperidine rings is 1. The summed E-state index contributed by atoms with van der Waals surface area (Å²) in [5.74, 6) is -0.370. The van der Waals surface area contributed by atoms with Crippen LogP contribution in [-0.2, 0) is 4.79 Å². The fraction of sp³-hybridized carbons (Fsp3) is 0.562. The molecule has 0 atom stereocenters. The highest BCUT2D eigenvalue weighted by Gasteiger charge is 2.27. The third kappa shape index (κ3) is 5.10. The van der Waals surface area contributed by atoms with Gasteiger partial charge >= 0.3 is 0 Å². The molecular formula is C16H24FN3O. The summed E-state index contributed by atoms with van der Waals surface area (Å²) in [7, 11) is 0. The standard InChI is InChI=1S/C16H24FN3O/c1-16(2,18)11-20-8-6-12(7-9-20)15(21)19-14-5-3-4-13(17)10-14/h3-5,10,12H,6-9,11,18H2,1-2H3,(H,19,21). The maximum Gasteiger partial charge on any atom is 0.227 e. The van der Waals surface area contributed by atoms with E-state index in [9.17, 15) is 9.18 Å². The van der Waals surface area contributed by atoms with E-state index in [4.69, 9.17) is 5.73 Å². The van der Waals surface area contributed by atoms with Crippen molar-refractivity contribution in [1.82, 2.24) is 4.90 Å². The van der Waals surface area contributed by atoms with Gasteiger partial charge in [-0.05, 0) is 58.0 Å². The van der Waals surface area contributed by atoms with Crippen LogP contribution < -0.4 is 11.1 Å². The Morgan fingerprint density at radius 2 is 2.10 bits per heavy atom. The number of carbonyl (C=O) groups excluding carboxylic acids is 1. The van der Waals surface area contributed by atoms with Gasteiger partial charge in [-0.3, -0.25) is 4.79 Å². The lowest BCUT2D eigenvalue weighted by Gasteiger charge is -2.35. The SMILES string of the molecule is CC(C)(N)CN1CCC(C(=O)Nc2cccc(F)c2)CC1. The van der Waals surface area contributed by atoms with Gasteiger partial charge in [-0.25, -0.2) is 4.39 Å². The van der Waals surface area contributed by atoms with Crippen LogP contribution in [0.4, 0.5) is 10.1 Å². The van der Waals surface area contributed by atoms with E-state index >= 15 is 0 Å². The zero-order valence-corrected chi connectivity index (χ0v) is 12.7. The first-order valence-electron chi connectivity index (χ1n) is 7.41. The van der Waals surface area contributed by atoms with Crippen molar-refractivity contribution in [1.29, 1.82) is 0 Å². The van der Waals surface area contributed by atoms with E-state index in [1.54, 1.807) is 12.1 Å². The second-order valence-corrected chi connectivity index (χ2v) is 6.54. The van der Waals surface area contributed by atoms with Crippen molar-refractivity contribution in [2.75, 3.05) is 25.0 Å². The lowest BCUT2D eigenvalue weighted by Crippen LogP contribution is -2.48. The average Bonchev–Trinajstić information content (AvgIpc) is 2.37. The van der Waals surface area contributed by atoms with Crippen LogP contribution in [0.2, 0.25) is 0 Å². The molecular weight excluding hydrogens is 269 g/mol. The quantitative estimate of drug-likeness (QED) is 0.895. The first kappa shape index (κ1) is 15.9. The Bertz CT molecular complexity index is 491. The lowest BCUT2D eigenvalue weighted by molar-refractivity contribution is -0.121. The van der Waals surface area contributed by atoms with Crippen molar-refractivity contribution >= 4 is 11.6 Å².